The van der Waals surface area contributed by atoms with Crippen LogP contribution in [0.5, 0.6) is 0 Å². The number of rotatable bonds is 1. The molecule has 64 valence electrons. The Labute approximate surface area is 52.7 Å². The smallest absolute Gasteiger partial charge is 0.287 e. The van der Waals surface area contributed by atoms with Crippen LogP contribution in [0.15, 0.2) is 0 Å². The number of carbonyl (C=O) groups is 1. The Morgan fingerprint density at radius 3 is 1.33 bits per heavy atom. The third kappa shape index (κ3) is 2770. The number of quaternary nitrogens is 1. The van der Waals surface area contributed by atoms with Crippen LogP contribution >= 0.6 is 0 Å². The van der Waals surface area contributed by atoms with Crippen LogP contribution in [-0.2, 0) is 9.68 Å². The summed E-state index contributed by atoms with van der Waals surface area (Å²) in [6.45, 7) is -0.181. The lowest BCUT2D eigenvalue weighted by atomic mass is 11.7. The minimum atomic E-state index is -0.181. The molecular weight excluding hydrogens is 134 g/mol. The number of carbonyl (C=O) groups excluding carboxylic acids is 1. The first-order chi connectivity index (χ1) is 1.91. The Hall–Kier alpha value is -0.730. The van der Waals surface area contributed by atoms with E-state index in [-0.39, 0.29) is 36.5 Å². The van der Waals surface area contributed by atoms with Gasteiger partial charge in [0.1, 0.15) is 0 Å². The monoisotopic (exact) mass is 149 g/mol. The van der Waals surface area contributed by atoms with E-state index in [1.807, 2.05) is 0 Å². The van der Waals surface area contributed by atoms with Crippen LogP contribution in [0.4, 0.5) is 0 Å². The molecule has 0 fully saturated rings. The molecule has 0 aromatic rings. The third-order valence-corrected chi connectivity index (χ3v) is 0.0393. The summed E-state index contributed by atoms with van der Waals surface area (Å²) >= 11 is 0. The van der Waals surface area contributed by atoms with E-state index in [4.69, 9.17) is 10.1 Å². The summed E-state index contributed by atoms with van der Waals surface area (Å²) in [5.74, 6) is 0. The molecule has 0 radical (unpaired) electrons. The van der Waals surface area contributed by atoms with Crippen molar-refractivity contribution in [2.24, 2.45) is 0 Å². The minimum absolute atomic E-state index is 0. The summed E-state index contributed by atoms with van der Waals surface area (Å²) in [7, 11) is 0. The van der Waals surface area contributed by atoms with Crippen LogP contribution in [0.25, 0.3) is 0 Å². The van der Waals surface area contributed by atoms with Gasteiger partial charge in [0.25, 0.3) is 6.47 Å². The summed E-state index contributed by atoms with van der Waals surface area (Å²) in [4.78, 5) is 11.2. The fraction of sp³-hybridized carbons (Fsp3) is 0.500. The second-order valence-corrected chi connectivity index (χ2v) is 0.192. The number of hydrogen-bond acceptors (Lipinski definition) is 3. The summed E-state index contributed by atoms with van der Waals surface area (Å²) in [6.07, 6.45) is 0. The van der Waals surface area contributed by atoms with E-state index in [0.29, 0.717) is 0 Å². The predicted molar refractivity (Wildman–Crippen MR) is 30.7 cm³/mol. The lowest BCUT2D eigenvalue weighted by Gasteiger charge is -1.88. The maximum Gasteiger partial charge on any atom is 0.287 e. The minimum Gasteiger partial charge on any atom is -0.662 e. The molecule has 0 heterocycles. The van der Waals surface area contributed by atoms with Gasteiger partial charge in [-0.15, -0.1) is 0 Å². The predicted octanol–water partition coefficient (Wildman–Crippen LogP) is -3.03. The average molecular weight is 149 g/mol. The van der Waals surface area contributed by atoms with Crippen molar-refractivity contribution >= 4 is 6.47 Å². The van der Waals surface area contributed by atoms with Crippen LogP contribution in [-0.4, -0.2) is 22.9 Å². The normalized spacial score (nSPS) is 2.33. The largest absolute Gasteiger partial charge is 0.662 e. The molecular formula is C2H15NO6. The van der Waals surface area contributed by atoms with E-state index in [0.717, 1.165) is 0 Å². The third-order valence-electron chi connectivity index (χ3n) is 0.0393. The van der Waals surface area contributed by atoms with Gasteiger partial charge in [0.05, 0.1) is 0 Å². The van der Waals surface area contributed by atoms with Gasteiger partial charge in [0.15, 0.2) is 0 Å². The van der Waals surface area contributed by atoms with Crippen molar-refractivity contribution in [2.75, 3.05) is 0 Å². The molecule has 0 bridgehead atoms. The van der Waals surface area contributed by atoms with E-state index in [1.54, 1.807) is 0 Å². The maximum atomic E-state index is 8.64. The average Bonchev–Trinajstić information content (AvgIpc) is 1.37. The second kappa shape index (κ2) is 177. The van der Waals surface area contributed by atoms with Gasteiger partial charge in [-0.3, -0.25) is 4.79 Å². The van der Waals surface area contributed by atoms with Gasteiger partial charge in [-0.25, -0.2) is 0 Å². The van der Waals surface area contributed by atoms with Crippen molar-refractivity contribution in [1.82, 2.24) is 6.15 Å². The molecule has 0 spiro atoms. The van der Waals surface area contributed by atoms with E-state index in [9.17, 15) is 0 Å². The first-order valence-corrected chi connectivity index (χ1v) is 0.638. The molecule has 0 amide bonds. The zero-order valence-electron chi connectivity index (χ0n) is 4.30. The van der Waals surface area contributed by atoms with Gasteiger partial charge >= 0.3 is 0 Å². The van der Waals surface area contributed by atoms with Gasteiger partial charge in [-0.05, 0) is 0 Å². The van der Waals surface area contributed by atoms with Gasteiger partial charge in [-0.2, -0.15) is 0 Å². The van der Waals surface area contributed by atoms with E-state index in [1.165, 1.54) is 0 Å². The zero-order chi connectivity index (χ0) is 3.41. The first-order valence-electron chi connectivity index (χ1n) is 0.638. The SMILES string of the molecule is C.O.O.O.O=CO[O-].[NH4+]. The van der Waals surface area contributed by atoms with Gasteiger partial charge in [0.2, 0.25) is 0 Å². The lowest BCUT2D eigenvalue weighted by Crippen LogP contribution is -2.00. The van der Waals surface area contributed by atoms with Crippen molar-refractivity contribution in [1.29, 1.82) is 0 Å². The van der Waals surface area contributed by atoms with Crippen LogP contribution in [0, 0.1) is 0 Å². The van der Waals surface area contributed by atoms with Crippen LogP contribution < -0.4 is 11.4 Å². The summed E-state index contributed by atoms with van der Waals surface area (Å²) in [5.41, 5.74) is 0. The summed E-state index contributed by atoms with van der Waals surface area (Å²) < 4.78 is 0. The van der Waals surface area contributed by atoms with Crippen molar-refractivity contribution in [3.8, 4) is 0 Å². The molecule has 0 unspecified atom stereocenters. The van der Waals surface area contributed by atoms with Crippen LogP contribution in [0.3, 0.4) is 0 Å². The topological polar surface area (TPSA) is 180 Å². The molecule has 0 aliphatic carbocycles. The highest BCUT2D eigenvalue weighted by Crippen LogP contribution is 1.22. The Balaban J connectivity index is -0.00000000450. The van der Waals surface area contributed by atoms with Crippen LogP contribution in [0.2, 0.25) is 0 Å². The van der Waals surface area contributed by atoms with Gasteiger partial charge in [0, 0.05) is 0 Å². The molecule has 0 aliphatic heterocycles. The zero-order valence-corrected chi connectivity index (χ0v) is 4.30. The Kier molecular flexibility index (Phi) is 1670. The molecule has 7 nitrogen and oxygen atoms in total. The standard InChI is InChI=1S/CH2O3.CH4.H3N.3H2O/c2-1-4-3;;;;;/h1,3H;1H4;1H3;3*1H2. The van der Waals surface area contributed by atoms with Crippen molar-refractivity contribution in [2.45, 2.75) is 7.43 Å². The molecule has 0 atom stereocenters. The lowest BCUT2D eigenvalue weighted by molar-refractivity contribution is -0.652. The first kappa shape index (κ1) is 84.8. The van der Waals surface area contributed by atoms with Crippen molar-refractivity contribution in [3.05, 3.63) is 0 Å². The summed E-state index contributed by atoms with van der Waals surface area (Å²) in [6, 6.07) is 0. The van der Waals surface area contributed by atoms with Crippen molar-refractivity contribution in [3.63, 3.8) is 0 Å². The summed E-state index contributed by atoms with van der Waals surface area (Å²) in [5, 5.41) is 8.43. The van der Waals surface area contributed by atoms with Crippen LogP contribution in [0.1, 0.15) is 7.43 Å². The fourth-order valence-corrected chi connectivity index (χ4v) is 0. The fourth-order valence-electron chi connectivity index (χ4n) is 0. The molecule has 0 saturated carbocycles. The highest BCUT2D eigenvalue weighted by atomic mass is 17.1. The molecule has 0 aromatic heterocycles. The highest BCUT2D eigenvalue weighted by molar-refractivity contribution is 5.35. The van der Waals surface area contributed by atoms with Gasteiger partial charge in [-0.1, -0.05) is 7.43 Å². The highest BCUT2D eigenvalue weighted by Gasteiger charge is 1.34. The maximum absolute atomic E-state index is 8.64. The molecule has 0 aliphatic rings. The molecule has 7 heteroatoms. The molecule has 10 N–H and O–H groups in total. The molecule has 0 rings (SSSR count). The second-order valence-electron chi connectivity index (χ2n) is 0.192. The van der Waals surface area contributed by atoms with Gasteiger partial charge < -0.3 is 32.7 Å². The van der Waals surface area contributed by atoms with E-state index in [2.05, 4.69) is 4.89 Å². The number of hydrogen-bond donors (Lipinski definition) is 1. The van der Waals surface area contributed by atoms with E-state index >= 15 is 0 Å². The molecule has 0 saturated heterocycles. The quantitative estimate of drug-likeness (QED) is 0.237. The Bertz CT molecular complexity index is 25.0. The molecule has 9 heavy (non-hydrogen) atoms. The Morgan fingerprint density at radius 2 is 1.33 bits per heavy atom. The Morgan fingerprint density at radius 1 is 1.22 bits per heavy atom. The van der Waals surface area contributed by atoms with Crippen molar-refractivity contribution < 1.29 is 31.4 Å². The molecule has 0 aromatic carbocycles. The van der Waals surface area contributed by atoms with E-state index < -0.39 is 0 Å².